The van der Waals surface area contributed by atoms with Crippen molar-refractivity contribution in [3.8, 4) is 5.75 Å². The molecule has 0 aliphatic rings. The number of nitrogens with zero attached hydrogens (tertiary/aromatic N) is 1. The Labute approximate surface area is 141 Å². The van der Waals surface area contributed by atoms with E-state index >= 15 is 0 Å². The number of hydrogen-bond acceptors (Lipinski definition) is 4. The third kappa shape index (κ3) is 5.31. The van der Waals surface area contributed by atoms with Crippen LogP contribution >= 0.6 is 0 Å². The Morgan fingerprint density at radius 2 is 1.88 bits per heavy atom. The van der Waals surface area contributed by atoms with Gasteiger partial charge in [0.1, 0.15) is 5.75 Å². The predicted molar refractivity (Wildman–Crippen MR) is 93.2 cm³/mol. The Bertz CT molecular complexity index is 689. The molecular formula is C18H21N3O3. The number of para-hydroxylation sites is 1. The first-order valence-corrected chi connectivity index (χ1v) is 7.62. The Hall–Kier alpha value is -3.02. The molecule has 0 saturated heterocycles. The highest BCUT2D eigenvalue weighted by atomic mass is 16.5. The summed E-state index contributed by atoms with van der Waals surface area (Å²) < 4.78 is 5.20. The number of nitrogens with one attached hydrogen (secondary N) is 1. The van der Waals surface area contributed by atoms with Crippen LogP contribution in [0.25, 0.3) is 0 Å². The fraction of sp³-hybridized carbons (Fsp3) is 0.222. The predicted octanol–water partition coefficient (Wildman–Crippen LogP) is 1.42. The van der Waals surface area contributed by atoms with Crippen LogP contribution in [0.2, 0.25) is 0 Å². The van der Waals surface area contributed by atoms with Crippen LogP contribution < -0.4 is 20.7 Å². The van der Waals surface area contributed by atoms with Crippen molar-refractivity contribution in [1.29, 1.82) is 0 Å². The zero-order valence-electron chi connectivity index (χ0n) is 13.6. The second-order valence-electron chi connectivity index (χ2n) is 5.30. The highest BCUT2D eigenvalue weighted by Crippen LogP contribution is 2.13. The maximum atomic E-state index is 12.2. The molecule has 2 amide bonds. The number of carbonyl (C=O) groups is 2. The summed E-state index contributed by atoms with van der Waals surface area (Å²) in [4.78, 5) is 25.0. The standard InChI is InChI=1S/C18H21N3O3/c1-21(15-7-3-2-4-8-15)11-10-20-18(23)14-6-5-9-16(12-14)24-13-17(19)22/h2-9,12H,10-11,13H2,1H3,(H2,19,22)(H,20,23). The number of likely N-dealkylation sites (N-methyl/N-ethyl adjacent to an activating group) is 1. The largest absolute Gasteiger partial charge is 0.484 e. The smallest absolute Gasteiger partial charge is 0.255 e. The lowest BCUT2D eigenvalue weighted by atomic mass is 10.2. The second kappa shape index (κ2) is 8.57. The molecule has 24 heavy (non-hydrogen) atoms. The molecule has 0 unspecified atom stereocenters. The molecule has 0 aromatic heterocycles. The van der Waals surface area contributed by atoms with Gasteiger partial charge in [-0.1, -0.05) is 24.3 Å². The summed E-state index contributed by atoms with van der Waals surface area (Å²) in [7, 11) is 1.97. The maximum absolute atomic E-state index is 12.2. The number of benzene rings is 2. The van der Waals surface area contributed by atoms with Crippen molar-refractivity contribution in [3.63, 3.8) is 0 Å². The van der Waals surface area contributed by atoms with E-state index in [2.05, 4.69) is 10.2 Å². The topological polar surface area (TPSA) is 84.7 Å². The number of hydrogen-bond donors (Lipinski definition) is 2. The summed E-state index contributed by atoms with van der Waals surface area (Å²) in [6.45, 7) is 0.983. The van der Waals surface area contributed by atoms with Crippen LogP contribution in [0.1, 0.15) is 10.4 Å². The molecule has 0 aliphatic carbocycles. The Balaban J connectivity index is 1.84. The molecule has 0 saturated carbocycles. The van der Waals surface area contributed by atoms with Crippen LogP contribution in [0, 0.1) is 0 Å². The van der Waals surface area contributed by atoms with E-state index in [0.29, 0.717) is 24.4 Å². The summed E-state index contributed by atoms with van der Waals surface area (Å²) in [5, 5.41) is 2.86. The summed E-state index contributed by atoms with van der Waals surface area (Å²) in [6.07, 6.45) is 0. The third-order valence-electron chi connectivity index (χ3n) is 3.41. The van der Waals surface area contributed by atoms with Crippen molar-refractivity contribution in [3.05, 3.63) is 60.2 Å². The van der Waals surface area contributed by atoms with Gasteiger partial charge in [0.25, 0.3) is 11.8 Å². The molecule has 0 fully saturated rings. The number of carbonyl (C=O) groups excluding carboxylic acids is 2. The van der Waals surface area contributed by atoms with E-state index < -0.39 is 5.91 Å². The summed E-state index contributed by atoms with van der Waals surface area (Å²) in [6, 6.07) is 16.6. The lowest BCUT2D eigenvalue weighted by molar-refractivity contribution is -0.119. The maximum Gasteiger partial charge on any atom is 0.255 e. The van der Waals surface area contributed by atoms with Crippen LogP contribution in [-0.2, 0) is 4.79 Å². The van der Waals surface area contributed by atoms with Gasteiger partial charge in [-0.15, -0.1) is 0 Å². The third-order valence-corrected chi connectivity index (χ3v) is 3.41. The van der Waals surface area contributed by atoms with Gasteiger partial charge in [0.2, 0.25) is 0 Å². The molecule has 0 radical (unpaired) electrons. The van der Waals surface area contributed by atoms with E-state index in [-0.39, 0.29) is 12.5 Å². The first-order chi connectivity index (χ1) is 11.6. The average molecular weight is 327 g/mol. The van der Waals surface area contributed by atoms with Crippen molar-refractivity contribution >= 4 is 17.5 Å². The van der Waals surface area contributed by atoms with Gasteiger partial charge in [-0.25, -0.2) is 0 Å². The van der Waals surface area contributed by atoms with Gasteiger partial charge in [0.15, 0.2) is 6.61 Å². The quantitative estimate of drug-likeness (QED) is 0.768. The van der Waals surface area contributed by atoms with Crippen molar-refractivity contribution in [2.75, 3.05) is 31.6 Å². The molecular weight excluding hydrogens is 306 g/mol. The molecule has 0 heterocycles. The summed E-state index contributed by atoms with van der Waals surface area (Å²) >= 11 is 0. The van der Waals surface area contributed by atoms with Gasteiger partial charge in [0, 0.05) is 31.4 Å². The van der Waals surface area contributed by atoms with E-state index in [1.165, 1.54) is 0 Å². The minimum atomic E-state index is -0.561. The van der Waals surface area contributed by atoms with Crippen LogP contribution in [-0.4, -0.2) is 38.6 Å². The Morgan fingerprint density at radius 1 is 1.12 bits per heavy atom. The van der Waals surface area contributed by atoms with Gasteiger partial charge < -0.3 is 20.7 Å². The van der Waals surface area contributed by atoms with E-state index in [1.54, 1.807) is 24.3 Å². The number of primary amides is 1. The Kier molecular flexibility index (Phi) is 6.19. The normalized spacial score (nSPS) is 10.0. The molecule has 2 rings (SSSR count). The van der Waals surface area contributed by atoms with Crippen molar-refractivity contribution < 1.29 is 14.3 Å². The molecule has 126 valence electrons. The Morgan fingerprint density at radius 3 is 2.58 bits per heavy atom. The van der Waals surface area contributed by atoms with Crippen LogP contribution in [0.5, 0.6) is 5.75 Å². The molecule has 0 bridgehead atoms. The SMILES string of the molecule is CN(CCNC(=O)c1cccc(OCC(N)=O)c1)c1ccccc1. The molecule has 2 aromatic rings. The molecule has 3 N–H and O–H groups in total. The minimum absolute atomic E-state index is 0.194. The highest BCUT2D eigenvalue weighted by Gasteiger charge is 2.08. The first kappa shape index (κ1) is 17.3. The van der Waals surface area contributed by atoms with E-state index in [1.807, 2.05) is 37.4 Å². The molecule has 6 heteroatoms. The second-order valence-corrected chi connectivity index (χ2v) is 5.30. The van der Waals surface area contributed by atoms with Crippen molar-refractivity contribution in [2.45, 2.75) is 0 Å². The molecule has 0 spiro atoms. The zero-order valence-corrected chi connectivity index (χ0v) is 13.6. The van der Waals surface area contributed by atoms with E-state index in [0.717, 1.165) is 5.69 Å². The van der Waals surface area contributed by atoms with E-state index in [9.17, 15) is 9.59 Å². The van der Waals surface area contributed by atoms with Crippen molar-refractivity contribution in [2.24, 2.45) is 5.73 Å². The highest BCUT2D eigenvalue weighted by molar-refractivity contribution is 5.94. The molecule has 0 atom stereocenters. The van der Waals surface area contributed by atoms with Gasteiger partial charge in [-0.05, 0) is 30.3 Å². The van der Waals surface area contributed by atoms with Crippen LogP contribution in [0.15, 0.2) is 54.6 Å². The van der Waals surface area contributed by atoms with Gasteiger partial charge in [0.05, 0.1) is 0 Å². The van der Waals surface area contributed by atoms with E-state index in [4.69, 9.17) is 10.5 Å². The summed E-state index contributed by atoms with van der Waals surface area (Å²) in [5.74, 6) is -0.322. The first-order valence-electron chi connectivity index (χ1n) is 7.62. The fourth-order valence-corrected chi connectivity index (χ4v) is 2.13. The number of rotatable bonds is 8. The van der Waals surface area contributed by atoms with Crippen LogP contribution in [0.4, 0.5) is 5.69 Å². The monoisotopic (exact) mass is 327 g/mol. The van der Waals surface area contributed by atoms with Gasteiger partial charge in [-0.2, -0.15) is 0 Å². The minimum Gasteiger partial charge on any atom is -0.484 e. The zero-order chi connectivity index (χ0) is 17.4. The van der Waals surface area contributed by atoms with Gasteiger partial charge in [-0.3, -0.25) is 9.59 Å². The molecule has 2 aromatic carbocycles. The number of nitrogens with two attached hydrogens (primary N) is 1. The van der Waals surface area contributed by atoms with Gasteiger partial charge >= 0.3 is 0 Å². The number of ether oxygens (including phenoxy) is 1. The average Bonchev–Trinajstić information content (AvgIpc) is 2.60. The molecule has 6 nitrogen and oxygen atoms in total. The van der Waals surface area contributed by atoms with Crippen molar-refractivity contribution in [1.82, 2.24) is 5.32 Å². The lowest BCUT2D eigenvalue weighted by Crippen LogP contribution is -2.33. The molecule has 0 aliphatic heterocycles. The van der Waals surface area contributed by atoms with Crippen LogP contribution in [0.3, 0.4) is 0 Å². The fourth-order valence-electron chi connectivity index (χ4n) is 2.13. The number of amides is 2. The lowest BCUT2D eigenvalue weighted by Gasteiger charge is -2.19. The summed E-state index contributed by atoms with van der Waals surface area (Å²) in [5.41, 5.74) is 6.60. The number of anilines is 1.